The van der Waals surface area contributed by atoms with Gasteiger partial charge in [-0.05, 0) is 225 Å². The Labute approximate surface area is 611 Å². The van der Waals surface area contributed by atoms with E-state index in [1.807, 2.05) is 0 Å². The van der Waals surface area contributed by atoms with Crippen molar-refractivity contribution >= 4 is 87.2 Å². The van der Waals surface area contributed by atoms with Crippen molar-refractivity contribution in [3.63, 3.8) is 0 Å². The summed E-state index contributed by atoms with van der Waals surface area (Å²) in [6.45, 7) is 0. The number of para-hydroxylation sites is 6. The molecule has 16 aromatic carbocycles. The molecular formula is C99H63N7. The second kappa shape index (κ2) is 24.8. The summed E-state index contributed by atoms with van der Waals surface area (Å²) in [5.74, 6) is 1.73. The molecule has 5 aromatic heterocycles. The summed E-state index contributed by atoms with van der Waals surface area (Å²) >= 11 is 0. The summed E-state index contributed by atoms with van der Waals surface area (Å²) in [6, 6.07) is 138. The summed E-state index contributed by atoms with van der Waals surface area (Å²) in [6.07, 6.45) is 0. The predicted octanol–water partition coefficient (Wildman–Crippen LogP) is 25.6. The third-order valence-electron chi connectivity index (χ3n) is 21.4. The fourth-order valence-electron chi connectivity index (χ4n) is 16.4. The lowest BCUT2D eigenvalue weighted by Crippen LogP contribution is -2.01. The molecule has 5 heterocycles. The van der Waals surface area contributed by atoms with Crippen molar-refractivity contribution in [2.75, 3.05) is 0 Å². The number of nitrogens with zero attached hydrogens (tertiary/aromatic N) is 7. The molecule has 494 valence electrons. The topological polar surface area (TPSA) is 58.4 Å². The van der Waals surface area contributed by atoms with E-state index in [4.69, 9.17) is 15.0 Å². The molecule has 0 amide bonds. The van der Waals surface area contributed by atoms with Crippen LogP contribution in [0, 0.1) is 0 Å². The second-order valence-corrected chi connectivity index (χ2v) is 27.5. The van der Waals surface area contributed by atoms with E-state index in [2.05, 4.69) is 400 Å². The lowest BCUT2D eigenvalue weighted by Gasteiger charge is -2.13. The van der Waals surface area contributed by atoms with Gasteiger partial charge < -0.3 is 18.3 Å². The molecule has 0 spiro atoms. The summed E-state index contributed by atoms with van der Waals surface area (Å²) < 4.78 is 9.51. The van der Waals surface area contributed by atoms with Crippen molar-refractivity contribution in [3.05, 3.63) is 382 Å². The van der Waals surface area contributed by atoms with Gasteiger partial charge in [0.25, 0.3) is 0 Å². The molecule has 0 saturated carbocycles. The molecule has 0 unspecified atom stereocenters. The molecule has 21 rings (SSSR count). The Balaban J connectivity index is 0.661. The Morgan fingerprint density at radius 1 is 0.132 bits per heavy atom. The minimum Gasteiger partial charge on any atom is -0.309 e. The van der Waals surface area contributed by atoms with Gasteiger partial charge in [0.05, 0.1) is 44.1 Å². The maximum atomic E-state index is 5.41. The predicted molar refractivity (Wildman–Crippen MR) is 441 cm³/mol. The SMILES string of the molecule is c1ccc(-c2cc(-c3ccccc3)cc(-c3cccc(-c4nc(-c5ccc(-n6c7ccccc7c7cc(-c8ccc9c(c8)c8ccccc8n9-c8ccccc8)ccc76)cc5)nc(-c5ccc(-n6c7ccccc7c7cc(-c8ccc9c(c8)c8ccccc8n9-c8ccccc8)ccc76)cc5)n4)c3)c2)cc1. The molecule has 7 nitrogen and oxygen atoms in total. The average Bonchev–Trinajstić information content (AvgIpc) is 1.60. The first kappa shape index (κ1) is 60.5. The molecule has 0 atom stereocenters. The minimum atomic E-state index is 0.577. The van der Waals surface area contributed by atoms with Crippen molar-refractivity contribution in [2.45, 2.75) is 0 Å². The zero-order valence-electron chi connectivity index (χ0n) is 57.5. The first-order valence-corrected chi connectivity index (χ1v) is 36.1. The minimum absolute atomic E-state index is 0.577. The first-order valence-electron chi connectivity index (χ1n) is 36.1. The quantitative estimate of drug-likeness (QED) is 0.122. The molecule has 7 heteroatoms. The van der Waals surface area contributed by atoms with Crippen LogP contribution in [-0.4, -0.2) is 33.2 Å². The van der Waals surface area contributed by atoms with Crippen molar-refractivity contribution < 1.29 is 0 Å². The van der Waals surface area contributed by atoms with Gasteiger partial charge in [-0.1, -0.05) is 212 Å². The Morgan fingerprint density at radius 3 is 0.698 bits per heavy atom. The summed E-state index contributed by atoms with van der Waals surface area (Å²) in [5.41, 5.74) is 27.7. The Kier molecular flexibility index (Phi) is 14.1. The Hall–Kier alpha value is -14.3. The number of aromatic nitrogens is 7. The third-order valence-corrected chi connectivity index (χ3v) is 21.4. The zero-order chi connectivity index (χ0) is 69.8. The second-order valence-electron chi connectivity index (χ2n) is 27.5. The Bertz CT molecular complexity index is 6630. The smallest absolute Gasteiger partial charge is 0.164 e. The van der Waals surface area contributed by atoms with Crippen LogP contribution in [0.3, 0.4) is 0 Å². The largest absolute Gasteiger partial charge is 0.309 e. The van der Waals surface area contributed by atoms with Gasteiger partial charge in [0.15, 0.2) is 17.5 Å². The van der Waals surface area contributed by atoms with Gasteiger partial charge in [0.2, 0.25) is 0 Å². The zero-order valence-corrected chi connectivity index (χ0v) is 57.5. The van der Waals surface area contributed by atoms with E-state index in [0.717, 1.165) is 94.9 Å². The van der Waals surface area contributed by atoms with Crippen LogP contribution in [0.15, 0.2) is 382 Å². The number of hydrogen-bond acceptors (Lipinski definition) is 3. The Morgan fingerprint density at radius 2 is 0.358 bits per heavy atom. The molecule has 106 heavy (non-hydrogen) atoms. The van der Waals surface area contributed by atoms with Gasteiger partial charge in [0.1, 0.15) is 0 Å². The van der Waals surface area contributed by atoms with E-state index < -0.39 is 0 Å². The van der Waals surface area contributed by atoms with Crippen LogP contribution in [0.2, 0.25) is 0 Å². The van der Waals surface area contributed by atoms with E-state index in [0.29, 0.717) is 17.5 Å². The number of rotatable bonds is 12. The maximum absolute atomic E-state index is 5.41. The van der Waals surface area contributed by atoms with Crippen molar-refractivity contribution in [2.24, 2.45) is 0 Å². The van der Waals surface area contributed by atoms with Gasteiger partial charge in [0, 0.05) is 82.5 Å². The molecule has 0 N–H and O–H groups in total. The van der Waals surface area contributed by atoms with E-state index in [9.17, 15) is 0 Å². The monoisotopic (exact) mass is 1350 g/mol. The van der Waals surface area contributed by atoms with Crippen LogP contribution in [0.1, 0.15) is 0 Å². The average molecular weight is 1350 g/mol. The summed E-state index contributed by atoms with van der Waals surface area (Å²) in [5, 5.41) is 9.68. The standard InChI is InChI=1S/C99H63N7/c1-5-22-64(23-6-1)74-57-75(65-24-7-2-8-25-65)59-76(58-74)68-26-21-27-73(56-68)99-101-97(66-40-48-79(49-41-66)105-91-38-19-15-34-83(91)87-62-71(46-54-95(87)105)69-44-52-93-85(60-69)81-32-13-17-36-89(81)103(93)77-28-9-3-10-29-77)100-98(102-99)67-42-50-80(51-43-67)106-92-39-20-16-35-84(92)88-63-72(47-55-96(88)106)70-45-53-94-86(61-70)82-33-14-18-37-90(82)104(94)78-30-11-4-12-31-78/h1-63H. The van der Waals surface area contributed by atoms with E-state index in [1.54, 1.807) is 0 Å². The molecule has 0 aliphatic heterocycles. The highest BCUT2D eigenvalue weighted by molar-refractivity contribution is 6.15. The molecule has 0 radical (unpaired) electrons. The summed E-state index contributed by atoms with van der Waals surface area (Å²) in [4.78, 5) is 16.2. The molecule has 0 saturated heterocycles. The lowest BCUT2D eigenvalue weighted by molar-refractivity contribution is 1.07. The lowest BCUT2D eigenvalue weighted by atomic mass is 9.93. The first-order chi connectivity index (χ1) is 52.5. The summed E-state index contributed by atoms with van der Waals surface area (Å²) in [7, 11) is 0. The van der Waals surface area contributed by atoms with Crippen LogP contribution in [0.5, 0.6) is 0 Å². The van der Waals surface area contributed by atoms with Crippen molar-refractivity contribution in [1.82, 2.24) is 33.2 Å². The van der Waals surface area contributed by atoms with Gasteiger partial charge in [-0.25, -0.2) is 15.0 Å². The maximum Gasteiger partial charge on any atom is 0.164 e. The van der Waals surface area contributed by atoms with E-state index >= 15 is 0 Å². The van der Waals surface area contributed by atoms with Gasteiger partial charge in [-0.2, -0.15) is 0 Å². The fraction of sp³-hybridized carbons (Fsp3) is 0. The third kappa shape index (κ3) is 10.2. The van der Waals surface area contributed by atoms with Crippen molar-refractivity contribution in [3.8, 4) is 113 Å². The molecular weight excluding hydrogens is 1290 g/mol. The molecule has 0 fully saturated rings. The van der Waals surface area contributed by atoms with Crippen LogP contribution >= 0.6 is 0 Å². The van der Waals surface area contributed by atoms with Gasteiger partial charge >= 0.3 is 0 Å². The number of fused-ring (bicyclic) bond motifs is 12. The van der Waals surface area contributed by atoms with E-state index in [-0.39, 0.29) is 0 Å². The highest BCUT2D eigenvalue weighted by Gasteiger charge is 2.22. The highest BCUT2D eigenvalue weighted by atomic mass is 15.0. The number of benzene rings is 16. The van der Waals surface area contributed by atoms with Crippen molar-refractivity contribution in [1.29, 1.82) is 0 Å². The molecule has 0 aliphatic rings. The van der Waals surface area contributed by atoms with Crippen LogP contribution in [0.4, 0.5) is 0 Å². The van der Waals surface area contributed by atoms with Gasteiger partial charge in [-0.15, -0.1) is 0 Å². The van der Waals surface area contributed by atoms with Crippen LogP contribution in [-0.2, 0) is 0 Å². The molecule has 0 aliphatic carbocycles. The van der Waals surface area contributed by atoms with E-state index in [1.165, 1.54) is 87.4 Å². The molecule has 0 bridgehead atoms. The normalized spacial score (nSPS) is 11.8. The number of hydrogen-bond donors (Lipinski definition) is 0. The van der Waals surface area contributed by atoms with Gasteiger partial charge in [-0.3, -0.25) is 0 Å². The van der Waals surface area contributed by atoms with Crippen LogP contribution in [0.25, 0.3) is 200 Å². The fourth-order valence-corrected chi connectivity index (χ4v) is 16.4. The van der Waals surface area contributed by atoms with Crippen LogP contribution < -0.4 is 0 Å². The highest BCUT2D eigenvalue weighted by Crippen LogP contribution is 2.43. The molecule has 21 aromatic rings.